The highest BCUT2D eigenvalue weighted by Crippen LogP contribution is 2.25. The number of sulfonamides is 1. The third kappa shape index (κ3) is 3.61. The van der Waals surface area contributed by atoms with Gasteiger partial charge in [0.25, 0.3) is 0 Å². The van der Waals surface area contributed by atoms with Crippen molar-refractivity contribution in [3.63, 3.8) is 0 Å². The highest BCUT2D eigenvalue weighted by molar-refractivity contribution is 7.89. The Morgan fingerprint density at radius 1 is 1.33 bits per heavy atom. The summed E-state index contributed by atoms with van der Waals surface area (Å²) in [6.07, 6.45) is 0. The van der Waals surface area contributed by atoms with E-state index in [-0.39, 0.29) is 16.4 Å². The standard InChI is InChI=1S/C13H13ClN2O2S3/c1-16(8-9-6-7-12(14)20-9)21(17,18)11-5-3-2-4-10(11)13(15)19/h2-7H,8H2,1H3,(H2,15,19). The van der Waals surface area contributed by atoms with Crippen molar-refractivity contribution < 1.29 is 8.42 Å². The molecule has 0 unspecified atom stereocenters. The lowest BCUT2D eigenvalue weighted by Crippen LogP contribution is -2.28. The Morgan fingerprint density at radius 3 is 2.57 bits per heavy atom. The molecule has 2 N–H and O–H groups in total. The van der Waals surface area contributed by atoms with Gasteiger partial charge in [-0.1, -0.05) is 42.0 Å². The molecule has 0 radical (unpaired) electrons. The first-order chi connectivity index (χ1) is 9.82. The number of rotatable bonds is 5. The average molecular weight is 361 g/mol. The first kappa shape index (κ1) is 16.4. The molecule has 8 heteroatoms. The molecular weight excluding hydrogens is 348 g/mol. The normalized spacial score (nSPS) is 11.8. The predicted octanol–water partition coefficient (Wildman–Crippen LogP) is 2.86. The van der Waals surface area contributed by atoms with Gasteiger partial charge in [0.15, 0.2) is 0 Å². The summed E-state index contributed by atoms with van der Waals surface area (Å²) in [7, 11) is -2.16. The van der Waals surface area contributed by atoms with Gasteiger partial charge in [0.05, 0.1) is 9.23 Å². The zero-order valence-electron chi connectivity index (χ0n) is 11.1. The van der Waals surface area contributed by atoms with Gasteiger partial charge in [0.1, 0.15) is 4.99 Å². The van der Waals surface area contributed by atoms with Gasteiger partial charge in [-0.3, -0.25) is 0 Å². The quantitative estimate of drug-likeness (QED) is 0.833. The fourth-order valence-electron chi connectivity index (χ4n) is 1.80. The number of halogens is 1. The van der Waals surface area contributed by atoms with Gasteiger partial charge >= 0.3 is 0 Å². The van der Waals surface area contributed by atoms with Crippen molar-refractivity contribution >= 4 is 50.2 Å². The van der Waals surface area contributed by atoms with Crippen LogP contribution in [0.2, 0.25) is 4.34 Å². The Hall–Kier alpha value is -0.990. The summed E-state index contributed by atoms with van der Waals surface area (Å²) >= 11 is 12.1. The number of benzene rings is 1. The Balaban J connectivity index is 2.35. The number of thiophene rings is 1. The van der Waals surface area contributed by atoms with Crippen LogP contribution in [-0.4, -0.2) is 24.8 Å². The van der Waals surface area contributed by atoms with E-state index in [0.29, 0.717) is 9.90 Å². The van der Waals surface area contributed by atoms with Crippen molar-refractivity contribution in [1.29, 1.82) is 0 Å². The molecule has 0 saturated carbocycles. The first-order valence-corrected chi connectivity index (χ1v) is 8.96. The van der Waals surface area contributed by atoms with Crippen LogP contribution in [0.15, 0.2) is 41.3 Å². The molecule has 0 atom stereocenters. The van der Waals surface area contributed by atoms with E-state index < -0.39 is 10.0 Å². The number of nitrogens with two attached hydrogens (primary N) is 1. The van der Waals surface area contributed by atoms with Crippen LogP contribution >= 0.6 is 35.2 Å². The maximum absolute atomic E-state index is 12.7. The van der Waals surface area contributed by atoms with Crippen molar-refractivity contribution in [1.82, 2.24) is 4.31 Å². The molecule has 0 aliphatic heterocycles. The van der Waals surface area contributed by atoms with Crippen LogP contribution in [0, 0.1) is 0 Å². The molecule has 1 aromatic carbocycles. The van der Waals surface area contributed by atoms with E-state index in [9.17, 15) is 8.42 Å². The maximum atomic E-state index is 12.7. The topological polar surface area (TPSA) is 63.4 Å². The van der Waals surface area contributed by atoms with Gasteiger partial charge in [0.2, 0.25) is 10.0 Å². The smallest absolute Gasteiger partial charge is 0.243 e. The minimum Gasteiger partial charge on any atom is -0.389 e. The molecule has 0 aliphatic rings. The summed E-state index contributed by atoms with van der Waals surface area (Å²) in [6.45, 7) is 0.241. The van der Waals surface area contributed by atoms with Crippen LogP contribution in [-0.2, 0) is 16.6 Å². The molecule has 4 nitrogen and oxygen atoms in total. The summed E-state index contributed by atoms with van der Waals surface area (Å²) in [5.41, 5.74) is 5.95. The lowest BCUT2D eigenvalue weighted by Gasteiger charge is -2.18. The summed E-state index contributed by atoms with van der Waals surface area (Å²) in [5, 5.41) is 0. The largest absolute Gasteiger partial charge is 0.389 e. The van der Waals surface area contributed by atoms with Crippen molar-refractivity contribution in [2.45, 2.75) is 11.4 Å². The second-order valence-electron chi connectivity index (χ2n) is 4.33. The molecule has 0 spiro atoms. The Morgan fingerprint density at radius 2 is 2.00 bits per heavy atom. The van der Waals surface area contributed by atoms with Crippen molar-refractivity contribution in [2.75, 3.05) is 7.05 Å². The number of nitrogens with zero attached hydrogens (tertiary/aromatic N) is 1. The lowest BCUT2D eigenvalue weighted by atomic mass is 10.2. The number of thiocarbonyl (C=S) groups is 1. The number of hydrogen-bond acceptors (Lipinski definition) is 4. The highest BCUT2D eigenvalue weighted by Gasteiger charge is 2.25. The maximum Gasteiger partial charge on any atom is 0.243 e. The summed E-state index contributed by atoms with van der Waals surface area (Å²) < 4.78 is 27.2. The van der Waals surface area contributed by atoms with Crippen LogP contribution in [0.1, 0.15) is 10.4 Å². The molecular formula is C13H13ClN2O2S3. The number of hydrogen-bond donors (Lipinski definition) is 1. The average Bonchev–Trinajstić information content (AvgIpc) is 2.84. The first-order valence-electron chi connectivity index (χ1n) is 5.92. The molecule has 2 rings (SSSR count). The van der Waals surface area contributed by atoms with Crippen molar-refractivity contribution in [2.24, 2.45) is 5.73 Å². The Bertz CT molecular complexity index is 771. The van der Waals surface area contributed by atoms with E-state index in [1.807, 2.05) is 0 Å². The van der Waals surface area contributed by atoms with Crippen LogP contribution in [0.5, 0.6) is 0 Å². The monoisotopic (exact) mass is 360 g/mol. The SMILES string of the molecule is CN(Cc1ccc(Cl)s1)S(=O)(=O)c1ccccc1C(N)=S. The molecule has 0 aliphatic carbocycles. The zero-order chi connectivity index (χ0) is 15.6. The van der Waals surface area contributed by atoms with Gasteiger partial charge in [0, 0.05) is 24.0 Å². The molecule has 0 saturated heterocycles. The van der Waals surface area contributed by atoms with Gasteiger partial charge in [-0.15, -0.1) is 11.3 Å². The molecule has 1 heterocycles. The lowest BCUT2D eigenvalue weighted by molar-refractivity contribution is 0.469. The molecule has 112 valence electrons. The van der Waals surface area contributed by atoms with Gasteiger partial charge in [-0.05, 0) is 18.2 Å². The molecule has 21 heavy (non-hydrogen) atoms. The minimum atomic E-state index is -3.67. The minimum absolute atomic E-state index is 0.0572. The predicted molar refractivity (Wildman–Crippen MR) is 90.3 cm³/mol. The van der Waals surface area contributed by atoms with E-state index in [1.165, 1.54) is 28.8 Å². The Kier molecular flexibility index (Phi) is 5.00. The Labute approximate surface area is 138 Å². The summed E-state index contributed by atoms with van der Waals surface area (Å²) in [5.74, 6) is 0. The van der Waals surface area contributed by atoms with Crippen molar-refractivity contribution in [3.05, 3.63) is 51.2 Å². The molecule has 2 aromatic rings. The van der Waals surface area contributed by atoms with E-state index in [1.54, 1.807) is 30.3 Å². The summed E-state index contributed by atoms with van der Waals surface area (Å²) in [6, 6.07) is 9.99. The van der Waals surface area contributed by atoms with Crippen LogP contribution in [0.25, 0.3) is 0 Å². The van der Waals surface area contributed by atoms with Gasteiger partial charge in [-0.2, -0.15) is 4.31 Å². The van der Waals surface area contributed by atoms with Crippen LogP contribution < -0.4 is 5.73 Å². The van der Waals surface area contributed by atoms with Crippen LogP contribution in [0.3, 0.4) is 0 Å². The summed E-state index contributed by atoms with van der Waals surface area (Å²) in [4.78, 5) is 1.03. The van der Waals surface area contributed by atoms with Crippen LogP contribution in [0.4, 0.5) is 0 Å². The van der Waals surface area contributed by atoms with E-state index in [4.69, 9.17) is 29.6 Å². The molecule has 1 aromatic heterocycles. The fraction of sp³-hybridized carbons (Fsp3) is 0.154. The molecule has 0 amide bonds. The van der Waals surface area contributed by atoms with E-state index in [0.717, 1.165) is 4.88 Å². The third-order valence-corrected chi connectivity index (χ3v) is 6.15. The van der Waals surface area contributed by atoms with Gasteiger partial charge < -0.3 is 5.73 Å². The third-order valence-electron chi connectivity index (χ3n) is 2.85. The fourth-order valence-corrected chi connectivity index (χ4v) is 4.62. The van der Waals surface area contributed by atoms with E-state index in [2.05, 4.69) is 0 Å². The second-order valence-corrected chi connectivity index (χ2v) is 8.58. The van der Waals surface area contributed by atoms with E-state index >= 15 is 0 Å². The molecule has 0 fully saturated rings. The van der Waals surface area contributed by atoms with Gasteiger partial charge in [-0.25, -0.2) is 8.42 Å². The second kappa shape index (κ2) is 6.41. The zero-order valence-corrected chi connectivity index (χ0v) is 14.3. The highest BCUT2D eigenvalue weighted by atomic mass is 35.5. The van der Waals surface area contributed by atoms with Crippen molar-refractivity contribution in [3.8, 4) is 0 Å². The molecule has 0 bridgehead atoms.